The number of halogens is 1. The van der Waals surface area contributed by atoms with Crippen molar-refractivity contribution in [1.82, 2.24) is 20.3 Å². The van der Waals surface area contributed by atoms with Crippen LogP contribution in [0.4, 0.5) is 5.69 Å². The van der Waals surface area contributed by atoms with Crippen molar-refractivity contribution >= 4 is 27.5 Å². The Bertz CT molecular complexity index is 753. The van der Waals surface area contributed by atoms with Gasteiger partial charge >= 0.3 is 0 Å². The number of hydrogen-bond acceptors (Lipinski definition) is 4. The van der Waals surface area contributed by atoms with E-state index in [1.165, 1.54) is 0 Å². The Morgan fingerprint density at radius 2 is 2.04 bits per heavy atom. The summed E-state index contributed by atoms with van der Waals surface area (Å²) in [5, 5.41) is 15.0. The second-order valence-electron chi connectivity index (χ2n) is 6.49. The summed E-state index contributed by atoms with van der Waals surface area (Å²) in [7, 11) is 0. The fraction of sp³-hybridized carbons (Fsp3) is 0.471. The molecule has 4 rings (SSSR count). The predicted octanol–water partition coefficient (Wildman–Crippen LogP) is 2.63. The topological polar surface area (TPSA) is 71.8 Å². The molecule has 1 atom stereocenters. The van der Waals surface area contributed by atoms with Crippen LogP contribution >= 0.6 is 15.9 Å². The molecule has 24 heavy (non-hydrogen) atoms. The SMILES string of the molecule is O=C1Nc2ccc(Br)cc2CCC1n1cc(C2CCNCC2)nn1. The lowest BCUT2D eigenvalue weighted by molar-refractivity contribution is -0.119. The first-order chi connectivity index (χ1) is 11.7. The first-order valence-electron chi connectivity index (χ1n) is 8.42. The minimum atomic E-state index is -0.306. The van der Waals surface area contributed by atoms with Crippen LogP contribution in [0.15, 0.2) is 28.9 Å². The largest absolute Gasteiger partial charge is 0.324 e. The Kier molecular flexibility index (Phi) is 4.37. The average molecular weight is 390 g/mol. The van der Waals surface area contributed by atoms with E-state index in [9.17, 15) is 4.79 Å². The minimum absolute atomic E-state index is 0.0159. The second-order valence-corrected chi connectivity index (χ2v) is 7.41. The number of benzene rings is 1. The van der Waals surface area contributed by atoms with Gasteiger partial charge < -0.3 is 10.6 Å². The predicted molar refractivity (Wildman–Crippen MR) is 95.0 cm³/mol. The van der Waals surface area contributed by atoms with Crippen molar-refractivity contribution in [2.45, 2.75) is 37.6 Å². The van der Waals surface area contributed by atoms with E-state index in [4.69, 9.17) is 0 Å². The molecule has 0 spiro atoms. The molecule has 2 aliphatic rings. The van der Waals surface area contributed by atoms with Crippen molar-refractivity contribution in [3.8, 4) is 0 Å². The third-order valence-electron chi connectivity index (χ3n) is 4.92. The fourth-order valence-corrected chi connectivity index (χ4v) is 3.94. The van der Waals surface area contributed by atoms with Crippen molar-refractivity contribution in [3.63, 3.8) is 0 Å². The zero-order chi connectivity index (χ0) is 16.5. The van der Waals surface area contributed by atoms with Gasteiger partial charge in [0.05, 0.1) is 5.69 Å². The summed E-state index contributed by atoms with van der Waals surface area (Å²) in [6, 6.07) is 5.66. The van der Waals surface area contributed by atoms with Gasteiger partial charge in [0.15, 0.2) is 0 Å². The third-order valence-corrected chi connectivity index (χ3v) is 5.41. The highest BCUT2D eigenvalue weighted by Gasteiger charge is 2.27. The van der Waals surface area contributed by atoms with Gasteiger partial charge in [-0.15, -0.1) is 5.10 Å². The van der Waals surface area contributed by atoms with Crippen LogP contribution in [0.5, 0.6) is 0 Å². The number of aryl methyl sites for hydroxylation is 1. The standard InChI is InChI=1S/C17H20BrN5O/c18-13-2-3-14-12(9-13)1-4-16(17(24)20-14)23-10-15(21-22-23)11-5-7-19-8-6-11/h2-3,9-11,16,19H,1,4-8H2,(H,20,24). The van der Waals surface area contributed by atoms with Crippen molar-refractivity contribution < 1.29 is 4.79 Å². The lowest BCUT2D eigenvalue weighted by Gasteiger charge is -2.20. The lowest BCUT2D eigenvalue weighted by atomic mass is 9.95. The highest BCUT2D eigenvalue weighted by Crippen LogP contribution is 2.30. The van der Waals surface area contributed by atoms with Crippen LogP contribution in [0, 0.1) is 0 Å². The zero-order valence-corrected chi connectivity index (χ0v) is 14.9. The number of amides is 1. The Morgan fingerprint density at radius 3 is 2.88 bits per heavy atom. The van der Waals surface area contributed by atoms with Crippen LogP contribution in [0.1, 0.15) is 42.5 Å². The molecule has 1 fully saturated rings. The second kappa shape index (κ2) is 6.64. The molecule has 1 unspecified atom stereocenters. The van der Waals surface area contributed by atoms with Crippen LogP contribution in [0.2, 0.25) is 0 Å². The van der Waals surface area contributed by atoms with E-state index in [1.54, 1.807) is 4.68 Å². The molecule has 1 aromatic carbocycles. The van der Waals surface area contributed by atoms with Crippen molar-refractivity contribution in [3.05, 3.63) is 40.1 Å². The molecule has 0 saturated carbocycles. The maximum absolute atomic E-state index is 12.6. The van der Waals surface area contributed by atoms with Gasteiger partial charge in [0.2, 0.25) is 5.91 Å². The highest BCUT2D eigenvalue weighted by molar-refractivity contribution is 9.10. The summed E-state index contributed by atoms with van der Waals surface area (Å²) >= 11 is 3.49. The number of carbonyl (C=O) groups is 1. The first-order valence-corrected chi connectivity index (χ1v) is 9.22. The van der Waals surface area contributed by atoms with Gasteiger partial charge in [-0.05, 0) is 62.5 Å². The third kappa shape index (κ3) is 3.10. The minimum Gasteiger partial charge on any atom is -0.324 e. The number of hydrogen-bond donors (Lipinski definition) is 2. The molecule has 126 valence electrons. The summed E-state index contributed by atoms with van der Waals surface area (Å²) < 4.78 is 2.77. The van der Waals surface area contributed by atoms with E-state index in [1.807, 2.05) is 18.3 Å². The number of carbonyl (C=O) groups excluding carboxylic acids is 1. The van der Waals surface area contributed by atoms with E-state index < -0.39 is 0 Å². The molecule has 1 aromatic heterocycles. The molecule has 2 aromatic rings. The summed E-state index contributed by atoms with van der Waals surface area (Å²) in [4.78, 5) is 12.6. The van der Waals surface area contributed by atoms with Crippen molar-refractivity contribution in [2.24, 2.45) is 0 Å². The van der Waals surface area contributed by atoms with Gasteiger partial charge in [0.25, 0.3) is 0 Å². The number of fused-ring (bicyclic) bond motifs is 1. The molecule has 6 nitrogen and oxygen atoms in total. The molecular weight excluding hydrogens is 370 g/mol. The lowest BCUT2D eigenvalue weighted by Crippen LogP contribution is -2.27. The number of nitrogens with one attached hydrogen (secondary N) is 2. The molecule has 3 heterocycles. The van der Waals surface area contributed by atoms with Crippen molar-refractivity contribution in [2.75, 3.05) is 18.4 Å². The van der Waals surface area contributed by atoms with E-state index in [-0.39, 0.29) is 11.9 Å². The Balaban J connectivity index is 1.54. The Hall–Kier alpha value is -1.73. The zero-order valence-electron chi connectivity index (χ0n) is 13.3. The van der Waals surface area contributed by atoms with Crippen molar-refractivity contribution in [1.29, 1.82) is 0 Å². The summed E-state index contributed by atoms with van der Waals surface area (Å²) in [6.07, 6.45) is 5.68. The summed E-state index contributed by atoms with van der Waals surface area (Å²) in [5.74, 6) is 0.430. The smallest absolute Gasteiger partial charge is 0.249 e. The maximum atomic E-state index is 12.6. The van der Waals surface area contributed by atoms with Crippen LogP contribution in [0.25, 0.3) is 0 Å². The number of anilines is 1. The quantitative estimate of drug-likeness (QED) is 0.827. The van der Waals surface area contributed by atoms with Gasteiger partial charge in [0, 0.05) is 22.3 Å². The number of rotatable bonds is 2. The molecule has 1 saturated heterocycles. The normalized spacial score (nSPS) is 21.9. The van der Waals surface area contributed by atoms with Gasteiger partial charge in [-0.3, -0.25) is 4.79 Å². The molecule has 7 heteroatoms. The Morgan fingerprint density at radius 1 is 1.21 bits per heavy atom. The van der Waals surface area contributed by atoms with Crippen LogP contribution in [-0.4, -0.2) is 34.0 Å². The van der Waals surface area contributed by atoms with Gasteiger partial charge in [0.1, 0.15) is 6.04 Å². The molecule has 2 aliphatic heterocycles. The van der Waals surface area contributed by atoms with E-state index in [0.29, 0.717) is 5.92 Å². The highest BCUT2D eigenvalue weighted by atomic mass is 79.9. The number of aromatic nitrogens is 3. The van der Waals surface area contributed by atoms with Gasteiger partial charge in [-0.25, -0.2) is 4.68 Å². The first kappa shape index (κ1) is 15.8. The van der Waals surface area contributed by atoms with E-state index >= 15 is 0 Å². The molecular formula is C17H20BrN5O. The van der Waals surface area contributed by atoms with Gasteiger partial charge in [-0.2, -0.15) is 0 Å². The summed E-state index contributed by atoms with van der Waals surface area (Å²) in [5.41, 5.74) is 3.05. The molecule has 2 N–H and O–H groups in total. The molecule has 1 amide bonds. The monoisotopic (exact) mass is 389 g/mol. The van der Waals surface area contributed by atoms with Gasteiger partial charge in [-0.1, -0.05) is 21.1 Å². The number of piperidine rings is 1. The Labute approximate surface area is 149 Å². The van der Waals surface area contributed by atoms with Crippen LogP contribution in [0.3, 0.4) is 0 Å². The maximum Gasteiger partial charge on any atom is 0.249 e. The fourth-order valence-electron chi connectivity index (χ4n) is 3.53. The summed E-state index contributed by atoms with van der Waals surface area (Å²) in [6.45, 7) is 2.04. The van der Waals surface area contributed by atoms with E-state index in [2.05, 4.69) is 42.9 Å². The van der Waals surface area contributed by atoms with Crippen LogP contribution < -0.4 is 10.6 Å². The molecule has 0 aliphatic carbocycles. The van der Waals surface area contributed by atoms with E-state index in [0.717, 1.165) is 60.2 Å². The van der Waals surface area contributed by atoms with Crippen LogP contribution in [-0.2, 0) is 11.2 Å². The average Bonchev–Trinajstić information content (AvgIpc) is 3.02. The molecule has 0 radical (unpaired) electrons. The number of nitrogens with zero attached hydrogens (tertiary/aromatic N) is 3. The molecule has 0 bridgehead atoms.